The molecule has 0 aliphatic rings. The molecule has 3 heteroatoms. The maximum absolute atomic E-state index is 9.99. The molecule has 0 aromatic heterocycles. The van der Waals surface area contributed by atoms with Gasteiger partial charge in [0, 0.05) is 6.08 Å². The minimum absolute atomic E-state index is 0.742. The van der Waals surface area contributed by atoms with Gasteiger partial charge in [0.05, 0.1) is 27.7 Å². The Labute approximate surface area is 61.2 Å². The van der Waals surface area contributed by atoms with E-state index in [4.69, 9.17) is 5.11 Å². The van der Waals surface area contributed by atoms with Crippen LogP contribution in [0.2, 0.25) is 0 Å². The van der Waals surface area contributed by atoms with E-state index in [2.05, 4.69) is 0 Å². The molecule has 10 heavy (non-hydrogen) atoms. The van der Waals surface area contributed by atoms with Gasteiger partial charge in [-0.1, -0.05) is 0 Å². The van der Waals surface area contributed by atoms with E-state index in [1.165, 1.54) is 6.08 Å². The van der Waals surface area contributed by atoms with Gasteiger partial charge in [0.15, 0.2) is 0 Å². The number of hydrogen-bond donors (Lipinski definition) is 1. The highest BCUT2D eigenvalue weighted by molar-refractivity contribution is 5.79. The summed E-state index contributed by atoms with van der Waals surface area (Å²) < 4.78 is 0.754. The van der Waals surface area contributed by atoms with E-state index < -0.39 is 5.97 Å². The molecule has 3 nitrogen and oxygen atoms in total. The van der Waals surface area contributed by atoms with Gasteiger partial charge in [-0.15, -0.1) is 0 Å². The zero-order valence-electron chi connectivity index (χ0n) is 6.66. The van der Waals surface area contributed by atoms with Crippen LogP contribution in [0.4, 0.5) is 0 Å². The number of aliphatic carboxylic acids is 1. The summed E-state index contributed by atoms with van der Waals surface area (Å²) in [5.41, 5.74) is 0. The van der Waals surface area contributed by atoms with Crippen LogP contribution >= 0.6 is 0 Å². The van der Waals surface area contributed by atoms with Gasteiger partial charge in [-0.2, -0.15) is 0 Å². The fourth-order valence-corrected chi connectivity index (χ4v) is 0.470. The lowest BCUT2D eigenvalue weighted by Crippen LogP contribution is -2.34. The van der Waals surface area contributed by atoms with Crippen LogP contribution in [-0.2, 0) is 4.79 Å². The van der Waals surface area contributed by atoms with Crippen molar-refractivity contribution >= 4 is 5.97 Å². The Morgan fingerprint density at radius 1 is 1.50 bits per heavy atom. The minimum atomic E-state index is -0.881. The van der Waals surface area contributed by atoms with Gasteiger partial charge in [0.2, 0.25) is 0 Å². The molecule has 0 rings (SSSR count). The Kier molecular flexibility index (Phi) is 3.09. The van der Waals surface area contributed by atoms with Crippen LogP contribution in [0.15, 0.2) is 12.2 Å². The summed E-state index contributed by atoms with van der Waals surface area (Å²) in [6.07, 6.45) is 2.83. The van der Waals surface area contributed by atoms with Gasteiger partial charge in [-0.25, -0.2) is 4.79 Å². The van der Waals surface area contributed by atoms with Crippen molar-refractivity contribution in [3.8, 4) is 0 Å². The maximum atomic E-state index is 9.99. The van der Waals surface area contributed by atoms with Crippen LogP contribution in [0, 0.1) is 0 Å². The molecule has 0 bridgehead atoms. The summed E-state index contributed by atoms with van der Waals surface area (Å²) in [6.45, 7) is 0.742. The first-order chi connectivity index (χ1) is 4.42. The van der Waals surface area contributed by atoms with E-state index in [0.717, 1.165) is 11.0 Å². The average molecular weight is 144 g/mol. The second-order valence-corrected chi connectivity index (χ2v) is 3.21. The number of carbonyl (C=O) groups is 1. The molecule has 0 amide bonds. The predicted molar refractivity (Wildman–Crippen MR) is 39.7 cm³/mol. The smallest absolute Gasteiger partial charge is 0.328 e. The third-order valence-electron chi connectivity index (χ3n) is 0.914. The van der Waals surface area contributed by atoms with E-state index in [1.807, 2.05) is 21.1 Å². The van der Waals surface area contributed by atoms with Gasteiger partial charge in [-0.3, -0.25) is 0 Å². The molecule has 0 atom stereocenters. The van der Waals surface area contributed by atoms with E-state index in [1.54, 1.807) is 6.08 Å². The molecule has 0 radical (unpaired) electrons. The number of carboxylic acids is 1. The third kappa shape index (κ3) is 7.17. The second kappa shape index (κ2) is 3.37. The zero-order valence-corrected chi connectivity index (χ0v) is 6.66. The fraction of sp³-hybridized carbons (Fsp3) is 0.571. The lowest BCUT2D eigenvalue weighted by molar-refractivity contribution is -0.864. The first-order valence-electron chi connectivity index (χ1n) is 3.12. The van der Waals surface area contributed by atoms with Crippen molar-refractivity contribution in [2.75, 3.05) is 27.7 Å². The van der Waals surface area contributed by atoms with Crippen LogP contribution in [0.3, 0.4) is 0 Å². The molecule has 0 spiro atoms. The molecule has 0 unspecified atom stereocenters. The topological polar surface area (TPSA) is 37.3 Å². The summed E-state index contributed by atoms with van der Waals surface area (Å²) in [5, 5.41) is 8.22. The lowest BCUT2D eigenvalue weighted by atomic mass is 10.4. The van der Waals surface area contributed by atoms with Crippen LogP contribution in [-0.4, -0.2) is 43.2 Å². The summed E-state index contributed by atoms with van der Waals surface area (Å²) in [6, 6.07) is 0. The molecular formula is C7H14NO2+. The van der Waals surface area contributed by atoms with Gasteiger partial charge in [0.1, 0.15) is 0 Å². The minimum Gasteiger partial charge on any atom is -0.478 e. The van der Waals surface area contributed by atoms with Crippen LogP contribution < -0.4 is 0 Å². The molecule has 0 aromatic carbocycles. The van der Waals surface area contributed by atoms with E-state index in [-0.39, 0.29) is 0 Å². The number of quaternary nitrogens is 1. The Bertz CT molecular complexity index is 144. The molecule has 0 saturated carbocycles. The normalized spacial score (nSPS) is 12.3. The molecule has 0 saturated heterocycles. The standard InChI is InChI=1S/C7H13NO2/c1-8(2,3)6-4-5-7(9)10/h4-5H,6H2,1-3H3/p+1/b5-4-. The van der Waals surface area contributed by atoms with Crippen molar-refractivity contribution < 1.29 is 14.4 Å². The molecule has 1 N–H and O–H groups in total. The Hall–Kier alpha value is -0.830. The van der Waals surface area contributed by atoms with Gasteiger partial charge in [-0.05, 0) is 6.08 Å². The zero-order chi connectivity index (χ0) is 8.20. The Balaban J connectivity index is 3.64. The maximum Gasteiger partial charge on any atom is 0.328 e. The number of likely N-dealkylation sites (N-methyl/N-ethyl adjacent to an activating group) is 1. The van der Waals surface area contributed by atoms with Gasteiger partial charge >= 0.3 is 5.97 Å². The highest BCUT2D eigenvalue weighted by Gasteiger charge is 2.01. The van der Waals surface area contributed by atoms with Gasteiger partial charge in [0.25, 0.3) is 0 Å². The molecule has 0 heterocycles. The van der Waals surface area contributed by atoms with Crippen molar-refractivity contribution in [2.45, 2.75) is 0 Å². The average Bonchev–Trinajstić information content (AvgIpc) is 1.59. The largest absolute Gasteiger partial charge is 0.478 e. The number of carboxylic acid groups (broad SMARTS) is 1. The highest BCUT2D eigenvalue weighted by Crippen LogP contribution is 1.89. The number of nitrogens with zero attached hydrogens (tertiary/aromatic N) is 1. The van der Waals surface area contributed by atoms with Crippen molar-refractivity contribution in [3.05, 3.63) is 12.2 Å². The van der Waals surface area contributed by atoms with Crippen molar-refractivity contribution in [2.24, 2.45) is 0 Å². The molecule has 58 valence electrons. The summed E-state index contributed by atoms with van der Waals surface area (Å²) in [7, 11) is 6.02. The van der Waals surface area contributed by atoms with Gasteiger partial charge < -0.3 is 9.59 Å². The summed E-state index contributed by atoms with van der Waals surface area (Å²) in [4.78, 5) is 9.99. The molecule has 0 aromatic rings. The Morgan fingerprint density at radius 2 is 2.00 bits per heavy atom. The SMILES string of the molecule is C[N+](C)(C)C/C=C\C(=O)O. The molecule has 0 aliphatic heterocycles. The summed E-state index contributed by atoms with van der Waals surface area (Å²) in [5.74, 6) is -0.881. The highest BCUT2D eigenvalue weighted by atomic mass is 16.4. The Morgan fingerprint density at radius 3 is 2.30 bits per heavy atom. The molecule has 0 fully saturated rings. The van der Waals surface area contributed by atoms with Crippen LogP contribution in [0.1, 0.15) is 0 Å². The first-order valence-corrected chi connectivity index (χ1v) is 3.12. The van der Waals surface area contributed by atoms with E-state index in [0.29, 0.717) is 0 Å². The first kappa shape index (κ1) is 9.17. The lowest BCUT2D eigenvalue weighted by Gasteiger charge is -2.21. The molecule has 0 aliphatic carbocycles. The van der Waals surface area contributed by atoms with Crippen molar-refractivity contribution in [3.63, 3.8) is 0 Å². The van der Waals surface area contributed by atoms with Crippen molar-refractivity contribution in [1.82, 2.24) is 0 Å². The quantitative estimate of drug-likeness (QED) is 0.458. The molecular weight excluding hydrogens is 130 g/mol. The number of rotatable bonds is 3. The van der Waals surface area contributed by atoms with Crippen molar-refractivity contribution in [1.29, 1.82) is 0 Å². The van der Waals surface area contributed by atoms with Crippen LogP contribution in [0.25, 0.3) is 0 Å². The van der Waals surface area contributed by atoms with E-state index in [9.17, 15) is 4.79 Å². The summed E-state index contributed by atoms with van der Waals surface area (Å²) >= 11 is 0. The van der Waals surface area contributed by atoms with Crippen LogP contribution in [0.5, 0.6) is 0 Å². The fourth-order valence-electron chi connectivity index (χ4n) is 0.470. The van der Waals surface area contributed by atoms with E-state index >= 15 is 0 Å². The third-order valence-corrected chi connectivity index (χ3v) is 0.914. The number of hydrogen-bond acceptors (Lipinski definition) is 1. The monoisotopic (exact) mass is 144 g/mol. The second-order valence-electron chi connectivity index (χ2n) is 3.21. The predicted octanol–water partition coefficient (Wildman–Crippen LogP) is 0.333.